The Labute approximate surface area is 137 Å². The Balaban J connectivity index is 1.60. The molecular weight excluding hydrogens is 284 g/mol. The van der Waals surface area contributed by atoms with Gasteiger partial charge in [0.25, 0.3) is 0 Å². The summed E-state index contributed by atoms with van der Waals surface area (Å²) in [6.07, 6.45) is 3.03. The van der Waals surface area contributed by atoms with Gasteiger partial charge in [0.1, 0.15) is 0 Å². The zero-order chi connectivity index (χ0) is 15.6. The second-order valence-corrected chi connectivity index (χ2v) is 6.47. The number of carbonyl (C=O) groups excluding carboxylic acids is 1. The number of benzene rings is 2. The molecule has 1 amide bonds. The van der Waals surface area contributed by atoms with Crippen LogP contribution in [0.5, 0.6) is 0 Å². The summed E-state index contributed by atoms with van der Waals surface area (Å²) in [5.41, 5.74) is 5.28. The van der Waals surface area contributed by atoms with Crippen LogP contribution in [0.3, 0.4) is 0 Å². The van der Waals surface area contributed by atoms with Gasteiger partial charge >= 0.3 is 0 Å². The molecule has 0 aromatic heterocycles. The van der Waals surface area contributed by atoms with Crippen LogP contribution < -0.4 is 5.32 Å². The number of amides is 1. The molecule has 1 unspecified atom stereocenters. The zero-order valence-electron chi connectivity index (χ0n) is 13.3. The summed E-state index contributed by atoms with van der Waals surface area (Å²) in [5.74, 6) is 0.276. The smallest absolute Gasteiger partial charge is 0.240 e. The van der Waals surface area contributed by atoms with Crippen LogP contribution >= 0.6 is 0 Å². The Hall–Kier alpha value is -2.13. The van der Waals surface area contributed by atoms with E-state index in [2.05, 4.69) is 47.8 Å². The van der Waals surface area contributed by atoms with Crippen molar-refractivity contribution >= 4 is 5.91 Å². The Bertz CT molecular complexity index is 705. The molecule has 3 nitrogen and oxygen atoms in total. The maximum Gasteiger partial charge on any atom is 0.240 e. The second kappa shape index (κ2) is 6.17. The van der Waals surface area contributed by atoms with Gasteiger partial charge in [0.15, 0.2) is 0 Å². The van der Waals surface area contributed by atoms with Crippen LogP contribution in [-0.4, -0.2) is 29.9 Å². The number of hydrogen-bond donors (Lipinski definition) is 1. The second-order valence-electron chi connectivity index (χ2n) is 6.47. The first-order valence-corrected chi connectivity index (χ1v) is 8.51. The van der Waals surface area contributed by atoms with E-state index in [9.17, 15) is 4.79 Å². The Morgan fingerprint density at radius 3 is 2.74 bits per heavy atom. The van der Waals surface area contributed by atoms with E-state index in [4.69, 9.17) is 0 Å². The zero-order valence-corrected chi connectivity index (χ0v) is 13.3. The van der Waals surface area contributed by atoms with E-state index in [1.807, 2.05) is 11.0 Å². The minimum atomic E-state index is 0.0360. The normalized spacial score (nSPS) is 20.3. The highest BCUT2D eigenvalue weighted by molar-refractivity contribution is 5.82. The molecule has 23 heavy (non-hydrogen) atoms. The number of fused-ring (bicyclic) bond motifs is 1. The number of rotatable bonds is 2. The van der Waals surface area contributed by atoms with Crippen LogP contribution in [0.15, 0.2) is 48.5 Å². The maximum absolute atomic E-state index is 12.6. The SMILES string of the molecule is O=C(C1CCCN1)N1CCc2c(cccc2-c2ccccc2)C1. The van der Waals surface area contributed by atoms with E-state index < -0.39 is 0 Å². The molecule has 1 N–H and O–H groups in total. The Kier molecular flexibility index (Phi) is 3.88. The van der Waals surface area contributed by atoms with Crippen molar-refractivity contribution in [2.45, 2.75) is 31.8 Å². The number of nitrogens with one attached hydrogen (secondary N) is 1. The van der Waals surface area contributed by atoms with Crippen molar-refractivity contribution in [2.24, 2.45) is 0 Å². The molecule has 3 heteroatoms. The fraction of sp³-hybridized carbons (Fsp3) is 0.350. The Morgan fingerprint density at radius 2 is 1.96 bits per heavy atom. The molecule has 0 bridgehead atoms. The minimum Gasteiger partial charge on any atom is -0.337 e. The molecule has 0 radical (unpaired) electrons. The van der Waals surface area contributed by atoms with Crippen LogP contribution in [0.1, 0.15) is 24.0 Å². The molecule has 2 aliphatic heterocycles. The van der Waals surface area contributed by atoms with Gasteiger partial charge in [0.2, 0.25) is 5.91 Å². The molecule has 1 atom stereocenters. The van der Waals surface area contributed by atoms with Crippen molar-refractivity contribution in [3.05, 3.63) is 59.7 Å². The summed E-state index contributed by atoms with van der Waals surface area (Å²) < 4.78 is 0. The molecule has 2 aromatic carbocycles. The molecule has 0 spiro atoms. The molecule has 2 aliphatic rings. The molecule has 0 aliphatic carbocycles. The van der Waals surface area contributed by atoms with Crippen LogP contribution in [0.25, 0.3) is 11.1 Å². The molecule has 0 saturated carbocycles. The van der Waals surface area contributed by atoms with Crippen LogP contribution in [0.4, 0.5) is 0 Å². The molecule has 1 saturated heterocycles. The highest BCUT2D eigenvalue weighted by Crippen LogP contribution is 2.30. The Morgan fingerprint density at radius 1 is 1.09 bits per heavy atom. The first-order valence-electron chi connectivity index (χ1n) is 8.51. The van der Waals surface area contributed by atoms with Gasteiger partial charge in [0.05, 0.1) is 6.04 Å². The minimum absolute atomic E-state index is 0.0360. The van der Waals surface area contributed by atoms with Gasteiger partial charge in [-0.1, -0.05) is 48.5 Å². The summed E-state index contributed by atoms with van der Waals surface area (Å²) in [4.78, 5) is 14.7. The van der Waals surface area contributed by atoms with Crippen molar-refractivity contribution in [3.8, 4) is 11.1 Å². The third-order valence-electron chi connectivity index (χ3n) is 5.02. The number of hydrogen-bond acceptors (Lipinski definition) is 2. The third-order valence-corrected chi connectivity index (χ3v) is 5.02. The number of carbonyl (C=O) groups is 1. The van der Waals surface area contributed by atoms with Crippen molar-refractivity contribution < 1.29 is 4.79 Å². The van der Waals surface area contributed by atoms with Gasteiger partial charge in [-0.15, -0.1) is 0 Å². The summed E-state index contributed by atoms with van der Waals surface area (Å²) >= 11 is 0. The third kappa shape index (κ3) is 2.77. The summed E-state index contributed by atoms with van der Waals surface area (Å²) in [6.45, 7) is 2.54. The lowest BCUT2D eigenvalue weighted by atomic mass is 9.90. The summed E-state index contributed by atoms with van der Waals surface area (Å²) in [5, 5.41) is 3.32. The van der Waals surface area contributed by atoms with E-state index in [1.165, 1.54) is 22.3 Å². The lowest BCUT2D eigenvalue weighted by Gasteiger charge is -2.32. The summed E-state index contributed by atoms with van der Waals surface area (Å²) in [7, 11) is 0. The first kappa shape index (κ1) is 14.5. The average molecular weight is 306 g/mol. The van der Waals surface area contributed by atoms with Gasteiger partial charge in [-0.3, -0.25) is 4.79 Å². The highest BCUT2D eigenvalue weighted by atomic mass is 16.2. The predicted octanol–water partition coefficient (Wildman–Crippen LogP) is 2.99. The van der Waals surface area contributed by atoms with Crippen molar-refractivity contribution in [3.63, 3.8) is 0 Å². The molecule has 2 heterocycles. The van der Waals surface area contributed by atoms with Gasteiger partial charge in [-0.2, -0.15) is 0 Å². The fourth-order valence-corrected chi connectivity index (χ4v) is 3.80. The van der Waals surface area contributed by atoms with Crippen LogP contribution in [-0.2, 0) is 17.8 Å². The van der Waals surface area contributed by atoms with Gasteiger partial charge in [-0.05, 0) is 48.1 Å². The van der Waals surface area contributed by atoms with Crippen LogP contribution in [0, 0.1) is 0 Å². The van der Waals surface area contributed by atoms with E-state index in [1.54, 1.807) is 0 Å². The van der Waals surface area contributed by atoms with E-state index in [0.29, 0.717) is 0 Å². The quantitative estimate of drug-likeness (QED) is 0.925. The molecule has 118 valence electrons. The lowest BCUT2D eigenvalue weighted by Crippen LogP contribution is -2.45. The van der Waals surface area contributed by atoms with Gasteiger partial charge in [0, 0.05) is 13.1 Å². The monoisotopic (exact) mass is 306 g/mol. The van der Waals surface area contributed by atoms with Crippen molar-refractivity contribution in [1.29, 1.82) is 0 Å². The molecular formula is C20H22N2O. The first-order chi connectivity index (χ1) is 11.3. The molecule has 1 fully saturated rings. The van der Waals surface area contributed by atoms with E-state index in [0.717, 1.165) is 38.9 Å². The summed E-state index contributed by atoms with van der Waals surface area (Å²) in [6, 6.07) is 17.1. The molecule has 2 aromatic rings. The van der Waals surface area contributed by atoms with Crippen LogP contribution in [0.2, 0.25) is 0 Å². The van der Waals surface area contributed by atoms with E-state index in [-0.39, 0.29) is 11.9 Å². The van der Waals surface area contributed by atoms with Crippen molar-refractivity contribution in [1.82, 2.24) is 10.2 Å². The fourth-order valence-electron chi connectivity index (χ4n) is 3.80. The average Bonchev–Trinajstić information content (AvgIpc) is 3.15. The number of nitrogens with zero attached hydrogens (tertiary/aromatic N) is 1. The van der Waals surface area contributed by atoms with Crippen molar-refractivity contribution in [2.75, 3.05) is 13.1 Å². The standard InChI is InChI=1S/C20H22N2O/c23-20(19-10-5-12-21-19)22-13-11-18-16(14-22)8-4-9-17(18)15-6-2-1-3-7-15/h1-4,6-9,19,21H,5,10-14H2. The molecule has 4 rings (SSSR count). The largest absolute Gasteiger partial charge is 0.337 e. The maximum atomic E-state index is 12.6. The van der Waals surface area contributed by atoms with E-state index >= 15 is 0 Å². The lowest BCUT2D eigenvalue weighted by molar-refractivity contribution is -0.134. The van der Waals surface area contributed by atoms with Gasteiger partial charge < -0.3 is 10.2 Å². The topological polar surface area (TPSA) is 32.3 Å². The highest BCUT2D eigenvalue weighted by Gasteiger charge is 2.29. The predicted molar refractivity (Wildman–Crippen MR) is 92.0 cm³/mol. The van der Waals surface area contributed by atoms with Gasteiger partial charge in [-0.25, -0.2) is 0 Å².